The molecular weight excluding hydrogens is 418 g/mol. The lowest BCUT2D eigenvalue weighted by Gasteiger charge is -2.07. The fourth-order valence-corrected chi connectivity index (χ4v) is 2.52. The summed E-state index contributed by atoms with van der Waals surface area (Å²) in [4.78, 5) is 33.5. The number of hydrogen-bond acceptors (Lipinski definition) is 6. The van der Waals surface area contributed by atoms with Crippen LogP contribution >= 0.6 is 15.9 Å². The number of rotatable bonds is 5. The van der Waals surface area contributed by atoms with E-state index in [4.69, 9.17) is 4.74 Å². The Hall–Kier alpha value is -3.51. The van der Waals surface area contributed by atoms with Crippen LogP contribution in [0, 0.1) is 21.4 Å². The summed E-state index contributed by atoms with van der Waals surface area (Å²) in [5, 5.41) is 22.5. The molecular formula is C18H12BrN3O5. The van der Waals surface area contributed by atoms with Gasteiger partial charge < -0.3 is 10.1 Å². The maximum atomic E-state index is 12.3. The zero-order chi connectivity index (χ0) is 20.0. The highest BCUT2D eigenvalue weighted by Gasteiger charge is 2.14. The maximum Gasteiger partial charge on any atom is 0.308 e. The van der Waals surface area contributed by atoms with Crippen molar-refractivity contribution < 1.29 is 19.2 Å². The van der Waals surface area contributed by atoms with E-state index in [1.165, 1.54) is 37.3 Å². The zero-order valence-corrected chi connectivity index (χ0v) is 15.5. The van der Waals surface area contributed by atoms with Crippen molar-refractivity contribution in [2.75, 3.05) is 5.32 Å². The zero-order valence-electron chi connectivity index (χ0n) is 13.9. The normalized spacial score (nSPS) is 10.6. The fraction of sp³-hybridized carbons (Fsp3) is 0.0556. The average Bonchev–Trinajstić information content (AvgIpc) is 2.60. The third-order valence-corrected chi connectivity index (χ3v) is 3.86. The van der Waals surface area contributed by atoms with Gasteiger partial charge in [-0.05, 0) is 45.8 Å². The van der Waals surface area contributed by atoms with Crippen molar-refractivity contribution >= 4 is 45.3 Å². The minimum absolute atomic E-state index is 0.141. The fourth-order valence-electron chi connectivity index (χ4n) is 2.06. The third-order valence-electron chi connectivity index (χ3n) is 3.21. The highest BCUT2D eigenvalue weighted by atomic mass is 79.9. The predicted octanol–water partition coefficient (Wildman–Crippen LogP) is 3.83. The largest absolute Gasteiger partial charge is 0.427 e. The number of nitrogens with one attached hydrogen (secondary N) is 1. The summed E-state index contributed by atoms with van der Waals surface area (Å²) in [6.07, 6.45) is 1.33. The van der Waals surface area contributed by atoms with Gasteiger partial charge in [-0.1, -0.05) is 12.1 Å². The molecule has 0 fully saturated rings. The van der Waals surface area contributed by atoms with E-state index < -0.39 is 16.8 Å². The van der Waals surface area contributed by atoms with Crippen LogP contribution < -0.4 is 10.1 Å². The number of nitro groups is 1. The Bertz CT molecular complexity index is 995. The first-order valence-electron chi connectivity index (χ1n) is 7.45. The van der Waals surface area contributed by atoms with Crippen LogP contribution in [0.15, 0.2) is 52.5 Å². The smallest absolute Gasteiger partial charge is 0.308 e. The first kappa shape index (κ1) is 19.8. The third kappa shape index (κ3) is 5.49. The number of nitrogens with zero attached hydrogens (tertiary/aromatic N) is 2. The summed E-state index contributed by atoms with van der Waals surface area (Å²) in [6.45, 7) is 1.26. The molecule has 136 valence electrons. The van der Waals surface area contributed by atoms with Gasteiger partial charge in [0, 0.05) is 23.5 Å². The first-order valence-corrected chi connectivity index (χ1v) is 8.25. The van der Waals surface area contributed by atoms with E-state index >= 15 is 0 Å². The summed E-state index contributed by atoms with van der Waals surface area (Å²) in [7, 11) is 0. The Morgan fingerprint density at radius 1 is 1.30 bits per heavy atom. The Labute approximate surface area is 162 Å². The second-order valence-electron chi connectivity index (χ2n) is 5.21. The molecule has 0 aliphatic carbocycles. The summed E-state index contributed by atoms with van der Waals surface area (Å²) in [5.74, 6) is -0.894. The molecule has 2 aromatic rings. The molecule has 9 heteroatoms. The Kier molecular flexibility index (Phi) is 6.41. The highest BCUT2D eigenvalue weighted by Crippen LogP contribution is 2.27. The summed E-state index contributed by atoms with van der Waals surface area (Å²) in [6, 6.07) is 12.0. The Morgan fingerprint density at radius 2 is 2.04 bits per heavy atom. The van der Waals surface area contributed by atoms with Crippen molar-refractivity contribution in [3.63, 3.8) is 0 Å². The predicted molar refractivity (Wildman–Crippen MR) is 101 cm³/mol. The van der Waals surface area contributed by atoms with Gasteiger partial charge in [-0.25, -0.2) is 0 Å². The molecule has 1 amide bonds. The summed E-state index contributed by atoms with van der Waals surface area (Å²) in [5.41, 5.74) is 0.432. The number of non-ortho nitro benzene ring substituents is 1. The quantitative estimate of drug-likeness (QED) is 0.192. The van der Waals surface area contributed by atoms with Crippen LogP contribution in [0.4, 0.5) is 11.4 Å². The number of anilines is 1. The van der Waals surface area contributed by atoms with Gasteiger partial charge in [0.05, 0.1) is 10.6 Å². The standard InChI is InChI=1S/C18H12BrN3O5/c1-11(23)27-15-4-2-3-12(8-15)7-13(10-20)18(24)21-17-6-5-14(22(25)26)9-16(17)19/h2-9H,1H3,(H,21,24)/b13-7+. The van der Waals surface area contributed by atoms with E-state index in [-0.39, 0.29) is 22.7 Å². The van der Waals surface area contributed by atoms with E-state index in [0.717, 1.165) is 0 Å². The van der Waals surface area contributed by atoms with E-state index in [0.29, 0.717) is 10.0 Å². The number of carbonyl (C=O) groups is 2. The molecule has 8 nitrogen and oxygen atoms in total. The Morgan fingerprint density at radius 3 is 2.63 bits per heavy atom. The van der Waals surface area contributed by atoms with Crippen LogP contribution in [-0.4, -0.2) is 16.8 Å². The molecule has 0 atom stereocenters. The lowest BCUT2D eigenvalue weighted by Crippen LogP contribution is -2.14. The molecule has 0 aliphatic heterocycles. The van der Waals surface area contributed by atoms with Gasteiger partial charge in [0.1, 0.15) is 17.4 Å². The summed E-state index contributed by atoms with van der Waals surface area (Å²) >= 11 is 3.14. The molecule has 2 aromatic carbocycles. The number of nitro benzene ring substituents is 1. The second-order valence-corrected chi connectivity index (χ2v) is 6.07. The van der Waals surface area contributed by atoms with Gasteiger partial charge in [-0.3, -0.25) is 19.7 Å². The van der Waals surface area contributed by atoms with Crippen LogP contribution in [0.25, 0.3) is 6.08 Å². The lowest BCUT2D eigenvalue weighted by molar-refractivity contribution is -0.384. The molecule has 27 heavy (non-hydrogen) atoms. The van der Waals surface area contributed by atoms with Gasteiger partial charge in [-0.2, -0.15) is 5.26 Å². The van der Waals surface area contributed by atoms with Crippen molar-refractivity contribution in [3.05, 3.63) is 68.2 Å². The lowest BCUT2D eigenvalue weighted by atomic mass is 10.1. The van der Waals surface area contributed by atoms with E-state index in [1.54, 1.807) is 24.3 Å². The molecule has 0 radical (unpaired) electrons. The van der Waals surface area contributed by atoms with Crippen LogP contribution in [-0.2, 0) is 9.59 Å². The van der Waals surface area contributed by atoms with Crippen LogP contribution in [0.3, 0.4) is 0 Å². The van der Waals surface area contributed by atoms with Crippen molar-refractivity contribution in [2.24, 2.45) is 0 Å². The molecule has 2 rings (SSSR count). The monoisotopic (exact) mass is 429 g/mol. The number of amides is 1. The minimum Gasteiger partial charge on any atom is -0.427 e. The molecule has 0 saturated heterocycles. The average molecular weight is 430 g/mol. The summed E-state index contributed by atoms with van der Waals surface area (Å²) < 4.78 is 5.26. The number of hydrogen-bond donors (Lipinski definition) is 1. The molecule has 0 aromatic heterocycles. The van der Waals surface area contributed by atoms with Gasteiger partial charge in [0.25, 0.3) is 11.6 Å². The van der Waals surface area contributed by atoms with E-state index in [1.807, 2.05) is 0 Å². The molecule has 0 heterocycles. The molecule has 0 unspecified atom stereocenters. The molecule has 0 bridgehead atoms. The van der Waals surface area contributed by atoms with Gasteiger partial charge in [0.2, 0.25) is 0 Å². The van der Waals surface area contributed by atoms with Crippen molar-refractivity contribution in [1.29, 1.82) is 5.26 Å². The number of benzene rings is 2. The molecule has 0 spiro atoms. The van der Waals surface area contributed by atoms with Gasteiger partial charge in [0.15, 0.2) is 0 Å². The number of esters is 1. The van der Waals surface area contributed by atoms with E-state index in [2.05, 4.69) is 21.2 Å². The Balaban J connectivity index is 2.23. The number of nitriles is 1. The van der Waals surface area contributed by atoms with Gasteiger partial charge in [-0.15, -0.1) is 0 Å². The SMILES string of the molecule is CC(=O)Oc1cccc(/C=C(\C#N)C(=O)Nc2ccc([N+](=O)[O-])cc2Br)c1. The van der Waals surface area contributed by atoms with E-state index in [9.17, 15) is 25.0 Å². The minimum atomic E-state index is -0.690. The number of ether oxygens (including phenoxy) is 1. The molecule has 1 N–H and O–H groups in total. The van der Waals surface area contributed by atoms with Crippen LogP contribution in [0.5, 0.6) is 5.75 Å². The van der Waals surface area contributed by atoms with Crippen LogP contribution in [0.2, 0.25) is 0 Å². The number of carbonyl (C=O) groups excluding carboxylic acids is 2. The maximum absolute atomic E-state index is 12.3. The van der Waals surface area contributed by atoms with Crippen molar-refractivity contribution in [3.8, 4) is 11.8 Å². The highest BCUT2D eigenvalue weighted by molar-refractivity contribution is 9.10. The van der Waals surface area contributed by atoms with Crippen molar-refractivity contribution in [2.45, 2.75) is 6.92 Å². The van der Waals surface area contributed by atoms with Gasteiger partial charge >= 0.3 is 5.97 Å². The van der Waals surface area contributed by atoms with Crippen molar-refractivity contribution in [1.82, 2.24) is 0 Å². The second kappa shape index (κ2) is 8.73. The first-order chi connectivity index (χ1) is 12.8. The molecule has 0 saturated carbocycles. The topological polar surface area (TPSA) is 122 Å². The number of halogens is 1. The van der Waals surface area contributed by atoms with Crippen LogP contribution in [0.1, 0.15) is 12.5 Å². The molecule has 0 aliphatic rings.